The lowest BCUT2D eigenvalue weighted by molar-refractivity contribution is 0.261. The Morgan fingerprint density at radius 2 is 2.11 bits per heavy atom. The van der Waals surface area contributed by atoms with Crippen molar-refractivity contribution in [1.82, 2.24) is 4.98 Å². The fourth-order valence-electron chi connectivity index (χ4n) is 2.93. The summed E-state index contributed by atoms with van der Waals surface area (Å²) in [5.74, 6) is 1.61. The van der Waals surface area contributed by atoms with Crippen LogP contribution in [-0.4, -0.2) is 11.0 Å². The highest BCUT2D eigenvalue weighted by Gasteiger charge is 2.25. The largest absolute Gasteiger partial charge is 0.379 e. The second-order valence-electron chi connectivity index (χ2n) is 5.73. The lowest BCUT2D eigenvalue weighted by atomic mass is 9.79. The van der Waals surface area contributed by atoms with Gasteiger partial charge in [-0.2, -0.15) is 0 Å². The zero-order valence-corrected chi connectivity index (χ0v) is 12.9. The molecule has 1 N–H and O–H groups in total. The van der Waals surface area contributed by atoms with Gasteiger partial charge in [0.1, 0.15) is 5.52 Å². The van der Waals surface area contributed by atoms with Gasteiger partial charge in [0.2, 0.25) is 0 Å². The maximum atomic E-state index is 6.35. The van der Waals surface area contributed by atoms with Gasteiger partial charge in [-0.1, -0.05) is 25.4 Å². The van der Waals surface area contributed by atoms with Crippen LogP contribution >= 0.6 is 22.9 Å². The molecule has 3 rings (SSSR count). The molecule has 102 valence electrons. The molecule has 1 aromatic heterocycles. The highest BCUT2D eigenvalue weighted by molar-refractivity contribution is 7.16. The summed E-state index contributed by atoms with van der Waals surface area (Å²) in [4.78, 5) is 4.45. The normalized spacial score (nSPS) is 27.6. The molecule has 1 heterocycles. The first kappa shape index (κ1) is 13.2. The van der Waals surface area contributed by atoms with Crippen molar-refractivity contribution in [2.75, 3.05) is 5.32 Å². The van der Waals surface area contributed by atoms with E-state index in [9.17, 15) is 0 Å². The van der Waals surface area contributed by atoms with Crippen molar-refractivity contribution >= 4 is 38.8 Å². The Hall–Kier alpha value is -0.800. The number of nitrogens with zero attached hydrogens (tertiary/aromatic N) is 1. The van der Waals surface area contributed by atoms with E-state index in [1.807, 2.05) is 17.6 Å². The second kappa shape index (κ2) is 5.29. The second-order valence-corrected chi connectivity index (χ2v) is 7.02. The number of nitrogens with one attached hydrogen (secondary N) is 1. The van der Waals surface area contributed by atoms with Crippen LogP contribution in [0.5, 0.6) is 0 Å². The Morgan fingerprint density at radius 1 is 1.26 bits per heavy atom. The van der Waals surface area contributed by atoms with Crippen LogP contribution < -0.4 is 5.32 Å². The van der Waals surface area contributed by atoms with E-state index in [0.29, 0.717) is 6.04 Å². The highest BCUT2D eigenvalue weighted by atomic mass is 35.5. The summed E-state index contributed by atoms with van der Waals surface area (Å²) in [6, 6.07) is 4.54. The van der Waals surface area contributed by atoms with E-state index >= 15 is 0 Å². The first-order valence-electron chi connectivity index (χ1n) is 6.93. The quantitative estimate of drug-likeness (QED) is 0.825. The molecule has 0 radical (unpaired) electrons. The molecule has 1 fully saturated rings. The number of rotatable bonds is 2. The van der Waals surface area contributed by atoms with E-state index in [2.05, 4.69) is 24.1 Å². The smallest absolute Gasteiger partial charge is 0.106 e. The Morgan fingerprint density at radius 3 is 2.89 bits per heavy atom. The maximum absolute atomic E-state index is 6.35. The molecule has 1 aliphatic rings. The summed E-state index contributed by atoms with van der Waals surface area (Å²) in [5.41, 5.74) is 3.92. The van der Waals surface area contributed by atoms with Crippen LogP contribution in [0.4, 0.5) is 5.69 Å². The molecule has 3 atom stereocenters. The molecule has 0 bridgehead atoms. The van der Waals surface area contributed by atoms with Gasteiger partial charge < -0.3 is 5.32 Å². The van der Waals surface area contributed by atoms with Crippen molar-refractivity contribution in [3.05, 3.63) is 22.7 Å². The summed E-state index contributed by atoms with van der Waals surface area (Å²) in [7, 11) is 0. The molecule has 0 amide bonds. The van der Waals surface area contributed by atoms with Crippen LogP contribution in [0, 0.1) is 11.8 Å². The van der Waals surface area contributed by atoms with Gasteiger partial charge in [-0.3, -0.25) is 0 Å². The molecule has 1 saturated carbocycles. The van der Waals surface area contributed by atoms with Crippen molar-refractivity contribution in [3.8, 4) is 0 Å². The summed E-state index contributed by atoms with van der Waals surface area (Å²) in [6.45, 7) is 4.71. The number of benzene rings is 1. The van der Waals surface area contributed by atoms with Crippen LogP contribution in [0.25, 0.3) is 10.2 Å². The van der Waals surface area contributed by atoms with Gasteiger partial charge in [-0.15, -0.1) is 11.3 Å². The van der Waals surface area contributed by atoms with Crippen LogP contribution in [0.1, 0.15) is 33.1 Å². The van der Waals surface area contributed by atoms with Crippen molar-refractivity contribution in [2.24, 2.45) is 11.8 Å². The van der Waals surface area contributed by atoms with E-state index in [0.717, 1.165) is 28.1 Å². The van der Waals surface area contributed by atoms with Gasteiger partial charge in [0.25, 0.3) is 0 Å². The summed E-state index contributed by atoms with van der Waals surface area (Å²) in [6.07, 6.45) is 3.74. The SMILES string of the molecule is CC1CCC(Nc2c(Cl)ccc3scnc23)CC1C. The third-order valence-corrected chi connectivity index (χ3v) is 5.51. The number of anilines is 1. The zero-order valence-electron chi connectivity index (χ0n) is 11.3. The standard InChI is InChI=1S/C15H19ClN2S/c1-9-3-4-11(7-10(9)2)18-14-12(16)5-6-13-15(14)17-8-19-13/h5-6,8-11,18H,3-4,7H2,1-2H3. The van der Waals surface area contributed by atoms with E-state index < -0.39 is 0 Å². The minimum absolute atomic E-state index is 0.524. The van der Waals surface area contributed by atoms with Crippen LogP contribution in [-0.2, 0) is 0 Å². The predicted octanol–water partition coefficient (Wildman–Crippen LogP) is 5.19. The highest BCUT2D eigenvalue weighted by Crippen LogP contribution is 2.36. The van der Waals surface area contributed by atoms with Gasteiger partial charge in [0, 0.05) is 6.04 Å². The fraction of sp³-hybridized carbons (Fsp3) is 0.533. The molecule has 3 unspecified atom stereocenters. The van der Waals surface area contributed by atoms with Crippen LogP contribution in [0.15, 0.2) is 17.6 Å². The van der Waals surface area contributed by atoms with Gasteiger partial charge >= 0.3 is 0 Å². The Bertz CT molecular complexity index is 581. The van der Waals surface area contributed by atoms with Crippen molar-refractivity contribution in [1.29, 1.82) is 0 Å². The molecular weight excluding hydrogens is 276 g/mol. The van der Waals surface area contributed by atoms with Crippen LogP contribution in [0.3, 0.4) is 0 Å². The Labute approximate surface area is 123 Å². The topological polar surface area (TPSA) is 24.9 Å². The predicted molar refractivity (Wildman–Crippen MR) is 84.2 cm³/mol. The summed E-state index contributed by atoms with van der Waals surface area (Å²) in [5, 5.41) is 4.42. The molecule has 1 aromatic carbocycles. The number of halogens is 1. The summed E-state index contributed by atoms with van der Waals surface area (Å²) >= 11 is 8.01. The van der Waals surface area contributed by atoms with Crippen molar-refractivity contribution < 1.29 is 0 Å². The zero-order chi connectivity index (χ0) is 13.4. The first-order valence-corrected chi connectivity index (χ1v) is 8.19. The Balaban J connectivity index is 1.85. The Kier molecular flexibility index (Phi) is 3.68. The number of aromatic nitrogens is 1. The molecule has 19 heavy (non-hydrogen) atoms. The van der Waals surface area contributed by atoms with Gasteiger partial charge in [-0.05, 0) is 43.2 Å². The van der Waals surface area contributed by atoms with E-state index in [1.54, 1.807) is 11.3 Å². The molecular formula is C15H19ClN2S. The van der Waals surface area contributed by atoms with Gasteiger partial charge in [-0.25, -0.2) is 4.98 Å². The van der Waals surface area contributed by atoms with Crippen LogP contribution in [0.2, 0.25) is 5.02 Å². The third-order valence-electron chi connectivity index (χ3n) is 4.40. The molecule has 2 aromatic rings. The third kappa shape index (κ3) is 2.59. The molecule has 0 saturated heterocycles. The number of hydrogen-bond acceptors (Lipinski definition) is 3. The number of hydrogen-bond donors (Lipinski definition) is 1. The molecule has 0 aliphatic heterocycles. The van der Waals surface area contributed by atoms with E-state index in [4.69, 9.17) is 11.6 Å². The molecule has 4 heteroatoms. The first-order chi connectivity index (χ1) is 9.15. The lowest BCUT2D eigenvalue weighted by Gasteiger charge is -2.33. The fourth-order valence-corrected chi connectivity index (χ4v) is 3.82. The van der Waals surface area contributed by atoms with Gasteiger partial charge in [0.05, 0.1) is 20.9 Å². The molecule has 0 spiro atoms. The van der Waals surface area contributed by atoms with Crippen molar-refractivity contribution in [2.45, 2.75) is 39.2 Å². The minimum atomic E-state index is 0.524. The van der Waals surface area contributed by atoms with E-state index in [-0.39, 0.29) is 0 Å². The number of thiazole rings is 1. The summed E-state index contributed by atoms with van der Waals surface area (Å²) < 4.78 is 1.20. The minimum Gasteiger partial charge on any atom is -0.379 e. The molecule has 2 nitrogen and oxygen atoms in total. The maximum Gasteiger partial charge on any atom is 0.106 e. The van der Waals surface area contributed by atoms with Gasteiger partial charge in [0.15, 0.2) is 0 Å². The average Bonchev–Trinajstić information content (AvgIpc) is 2.86. The van der Waals surface area contributed by atoms with E-state index in [1.165, 1.54) is 24.0 Å². The van der Waals surface area contributed by atoms with Crippen molar-refractivity contribution in [3.63, 3.8) is 0 Å². The average molecular weight is 295 g/mol. The monoisotopic (exact) mass is 294 g/mol. The number of fused-ring (bicyclic) bond motifs is 1. The molecule has 1 aliphatic carbocycles. The lowest BCUT2D eigenvalue weighted by Crippen LogP contribution is -2.30.